The molecule has 0 bridgehead atoms. The van der Waals surface area contributed by atoms with Gasteiger partial charge >= 0.3 is 0 Å². The predicted molar refractivity (Wildman–Crippen MR) is 65.3 cm³/mol. The average molecular weight is 275 g/mol. The fraction of sp³-hybridized carbons (Fsp3) is 0.300. The number of H-pyrrole nitrogens is 1. The summed E-state index contributed by atoms with van der Waals surface area (Å²) in [7, 11) is -3.72. The molecule has 92 valence electrons. The Morgan fingerprint density at radius 2 is 2.29 bits per heavy atom. The number of rotatable bonds is 4. The van der Waals surface area contributed by atoms with E-state index in [0.29, 0.717) is 0 Å². The molecule has 1 rings (SSSR count). The number of hydrogen-bond acceptors (Lipinski definition) is 3. The molecule has 5 nitrogen and oxygen atoms in total. The van der Waals surface area contributed by atoms with Crippen LogP contribution in [0.2, 0.25) is 5.02 Å². The van der Waals surface area contributed by atoms with E-state index in [2.05, 4.69) is 15.6 Å². The Morgan fingerprint density at radius 1 is 1.65 bits per heavy atom. The summed E-state index contributed by atoms with van der Waals surface area (Å²) in [6.45, 7) is 1.64. The molecule has 0 spiro atoms. The topological polar surface area (TPSA) is 79.0 Å². The van der Waals surface area contributed by atoms with Gasteiger partial charge in [0, 0.05) is 18.7 Å². The van der Waals surface area contributed by atoms with Gasteiger partial charge in [0.1, 0.15) is 5.02 Å². The predicted octanol–water partition coefficient (Wildman–Crippen LogP) is 0.718. The van der Waals surface area contributed by atoms with Crippen LogP contribution in [0.3, 0.4) is 0 Å². The van der Waals surface area contributed by atoms with E-state index in [1.807, 2.05) is 0 Å². The molecular formula is C10H11ClN2O3S. The van der Waals surface area contributed by atoms with Crippen LogP contribution in [0.15, 0.2) is 22.0 Å². The Labute approximate surface area is 104 Å². The van der Waals surface area contributed by atoms with Gasteiger partial charge in [0.25, 0.3) is 5.56 Å². The molecule has 1 heterocycles. The van der Waals surface area contributed by atoms with E-state index in [0.717, 1.165) is 12.3 Å². The highest BCUT2D eigenvalue weighted by Crippen LogP contribution is 2.11. The van der Waals surface area contributed by atoms with Crippen molar-refractivity contribution in [1.82, 2.24) is 9.71 Å². The second kappa shape index (κ2) is 5.36. The number of nitrogens with one attached hydrogen (secondary N) is 2. The molecule has 0 saturated carbocycles. The zero-order valence-electron chi connectivity index (χ0n) is 9.03. The molecule has 1 aromatic heterocycles. The van der Waals surface area contributed by atoms with Crippen LogP contribution in [0.25, 0.3) is 0 Å². The lowest BCUT2D eigenvalue weighted by molar-refractivity contribution is 0.563. The van der Waals surface area contributed by atoms with Crippen LogP contribution in [0.1, 0.15) is 13.3 Å². The molecule has 0 aliphatic heterocycles. The van der Waals surface area contributed by atoms with Crippen molar-refractivity contribution in [1.29, 1.82) is 0 Å². The van der Waals surface area contributed by atoms with Gasteiger partial charge in [0.15, 0.2) is 0 Å². The van der Waals surface area contributed by atoms with E-state index in [4.69, 9.17) is 18.0 Å². The van der Waals surface area contributed by atoms with E-state index in [1.54, 1.807) is 6.92 Å². The number of sulfonamides is 1. The Balaban J connectivity index is 3.02. The molecule has 0 saturated heterocycles. The van der Waals surface area contributed by atoms with Gasteiger partial charge in [-0.2, -0.15) is 0 Å². The second-order valence-corrected chi connectivity index (χ2v) is 5.56. The normalized spacial score (nSPS) is 13.0. The summed E-state index contributed by atoms with van der Waals surface area (Å²) in [6, 6.07) is 0.696. The highest BCUT2D eigenvalue weighted by Gasteiger charge is 2.18. The summed E-state index contributed by atoms with van der Waals surface area (Å²) in [6.07, 6.45) is 6.43. The number of halogens is 1. The van der Waals surface area contributed by atoms with Gasteiger partial charge < -0.3 is 4.98 Å². The summed E-state index contributed by atoms with van der Waals surface area (Å²) >= 11 is 5.55. The Morgan fingerprint density at radius 3 is 2.82 bits per heavy atom. The van der Waals surface area contributed by atoms with Gasteiger partial charge in [0.2, 0.25) is 10.0 Å². The summed E-state index contributed by atoms with van der Waals surface area (Å²) < 4.78 is 26.0. The first-order valence-electron chi connectivity index (χ1n) is 4.71. The summed E-state index contributed by atoms with van der Waals surface area (Å²) in [5, 5.41) is -0.183. The van der Waals surface area contributed by atoms with Crippen LogP contribution in [0, 0.1) is 12.3 Å². The van der Waals surface area contributed by atoms with Gasteiger partial charge in [-0.3, -0.25) is 4.79 Å². The average Bonchev–Trinajstić information content (AvgIpc) is 2.21. The van der Waals surface area contributed by atoms with Crippen LogP contribution in [0.4, 0.5) is 0 Å². The largest absolute Gasteiger partial charge is 0.326 e. The van der Waals surface area contributed by atoms with Crippen LogP contribution < -0.4 is 10.3 Å². The van der Waals surface area contributed by atoms with Gasteiger partial charge in [-0.25, -0.2) is 13.1 Å². The molecule has 0 amide bonds. The Bertz CT molecular complexity index is 601. The Kier molecular flexibility index (Phi) is 4.34. The minimum absolute atomic E-state index is 0.106. The van der Waals surface area contributed by atoms with Crippen molar-refractivity contribution in [3.63, 3.8) is 0 Å². The molecule has 1 atom stereocenters. The molecule has 0 aliphatic carbocycles. The monoisotopic (exact) mass is 274 g/mol. The smallest absolute Gasteiger partial charge is 0.266 e. The van der Waals surface area contributed by atoms with Crippen molar-refractivity contribution in [2.75, 3.05) is 0 Å². The second-order valence-electron chi connectivity index (χ2n) is 3.44. The van der Waals surface area contributed by atoms with Crippen molar-refractivity contribution >= 4 is 21.6 Å². The van der Waals surface area contributed by atoms with E-state index >= 15 is 0 Å². The highest BCUT2D eigenvalue weighted by molar-refractivity contribution is 7.89. The lowest BCUT2D eigenvalue weighted by Crippen LogP contribution is -2.32. The van der Waals surface area contributed by atoms with E-state index < -0.39 is 21.6 Å². The maximum Gasteiger partial charge on any atom is 0.266 e. The number of hydrogen-bond donors (Lipinski definition) is 2. The van der Waals surface area contributed by atoms with Crippen molar-refractivity contribution in [3.05, 3.63) is 27.6 Å². The third-order valence-corrected chi connectivity index (χ3v) is 3.77. The molecule has 17 heavy (non-hydrogen) atoms. The van der Waals surface area contributed by atoms with Crippen LogP contribution in [-0.2, 0) is 10.0 Å². The minimum Gasteiger partial charge on any atom is -0.326 e. The lowest BCUT2D eigenvalue weighted by atomic mass is 10.3. The fourth-order valence-corrected chi connectivity index (χ4v) is 2.62. The summed E-state index contributed by atoms with van der Waals surface area (Å²) in [5.41, 5.74) is -0.540. The first-order valence-corrected chi connectivity index (χ1v) is 6.57. The third kappa shape index (κ3) is 3.60. The minimum atomic E-state index is -3.72. The van der Waals surface area contributed by atoms with Crippen molar-refractivity contribution in [2.24, 2.45) is 0 Å². The molecule has 0 aliphatic rings. The molecule has 0 fully saturated rings. The quantitative estimate of drug-likeness (QED) is 0.794. The molecule has 0 radical (unpaired) electrons. The molecule has 2 N–H and O–H groups in total. The molecule has 1 unspecified atom stereocenters. The van der Waals surface area contributed by atoms with Gasteiger partial charge in [0.05, 0.1) is 4.90 Å². The van der Waals surface area contributed by atoms with Crippen LogP contribution >= 0.6 is 11.6 Å². The number of pyridine rings is 1. The molecular weight excluding hydrogens is 264 g/mol. The van der Waals surface area contributed by atoms with Gasteiger partial charge in [-0.1, -0.05) is 11.6 Å². The van der Waals surface area contributed by atoms with Crippen molar-refractivity contribution in [3.8, 4) is 12.3 Å². The molecule has 0 aromatic carbocycles. The van der Waals surface area contributed by atoms with Crippen molar-refractivity contribution < 1.29 is 8.42 Å². The molecule has 1 aromatic rings. The highest BCUT2D eigenvalue weighted by atomic mass is 35.5. The SMILES string of the molecule is C#CCC(C)NS(=O)(=O)c1c[nH]c(=O)c(Cl)c1. The van der Waals surface area contributed by atoms with E-state index in [-0.39, 0.29) is 16.3 Å². The first-order chi connectivity index (χ1) is 7.86. The zero-order valence-corrected chi connectivity index (χ0v) is 10.6. The van der Waals surface area contributed by atoms with Gasteiger partial charge in [-0.05, 0) is 13.0 Å². The third-order valence-electron chi connectivity index (χ3n) is 1.92. The maximum atomic E-state index is 11.8. The zero-order chi connectivity index (χ0) is 13.1. The number of terminal acetylenes is 1. The van der Waals surface area contributed by atoms with E-state index in [9.17, 15) is 13.2 Å². The first kappa shape index (κ1) is 13.8. The molecule has 7 heteroatoms. The number of aromatic amines is 1. The summed E-state index contributed by atoms with van der Waals surface area (Å²) in [5.74, 6) is 2.35. The van der Waals surface area contributed by atoms with Crippen LogP contribution in [-0.4, -0.2) is 19.4 Å². The fourth-order valence-electron chi connectivity index (χ4n) is 1.14. The standard InChI is InChI=1S/C10H11ClN2O3S/c1-3-4-7(2)13-17(15,16)8-5-9(11)10(14)12-6-8/h1,5-7,13H,4H2,2H3,(H,12,14). The lowest BCUT2D eigenvalue weighted by Gasteiger charge is -2.11. The van der Waals surface area contributed by atoms with E-state index in [1.165, 1.54) is 0 Å². The van der Waals surface area contributed by atoms with Crippen LogP contribution in [0.5, 0.6) is 0 Å². The summed E-state index contributed by atoms with van der Waals surface area (Å²) in [4.78, 5) is 13.1. The maximum absolute atomic E-state index is 11.8. The van der Waals surface area contributed by atoms with Gasteiger partial charge in [-0.15, -0.1) is 12.3 Å². The van der Waals surface area contributed by atoms with Crippen molar-refractivity contribution in [2.45, 2.75) is 24.3 Å². The number of aromatic nitrogens is 1. The Hall–Kier alpha value is -1.29.